The van der Waals surface area contributed by atoms with Gasteiger partial charge in [-0.3, -0.25) is 14.6 Å². The minimum Gasteiger partial charge on any atom is -0.355 e. The Balaban J connectivity index is 1.53. The van der Waals surface area contributed by atoms with Gasteiger partial charge in [-0.05, 0) is 42.8 Å². The molecular weight excluding hydrogens is 358 g/mol. The largest absolute Gasteiger partial charge is 0.355 e. The lowest BCUT2D eigenvalue weighted by Crippen LogP contribution is -2.27. The second-order valence-electron chi connectivity index (χ2n) is 5.32. The van der Waals surface area contributed by atoms with Crippen molar-refractivity contribution in [1.82, 2.24) is 10.3 Å². The van der Waals surface area contributed by atoms with E-state index >= 15 is 0 Å². The molecule has 0 saturated carbocycles. The molecule has 132 valence electrons. The molecule has 0 fully saturated rings. The predicted molar refractivity (Wildman–Crippen MR) is 103 cm³/mol. The van der Waals surface area contributed by atoms with Crippen LogP contribution in [0.2, 0.25) is 5.02 Å². The van der Waals surface area contributed by atoms with Crippen LogP contribution in [-0.2, 0) is 15.3 Å². The quantitative estimate of drug-likeness (QED) is 0.656. The van der Waals surface area contributed by atoms with E-state index in [9.17, 15) is 9.59 Å². The molecule has 1 aromatic heterocycles. The van der Waals surface area contributed by atoms with Crippen LogP contribution >= 0.6 is 23.4 Å². The highest BCUT2D eigenvalue weighted by Crippen LogP contribution is 2.13. The molecule has 5 nitrogen and oxygen atoms in total. The molecule has 1 aromatic carbocycles. The molecule has 0 aliphatic carbocycles. The second-order valence-corrected chi connectivity index (χ2v) is 6.74. The first-order chi connectivity index (χ1) is 12.1. The number of hydrogen-bond donors (Lipinski definition) is 2. The molecule has 7 heteroatoms. The van der Waals surface area contributed by atoms with E-state index in [1.54, 1.807) is 30.5 Å². The molecule has 25 heavy (non-hydrogen) atoms. The number of nitrogens with one attached hydrogen (secondary N) is 2. The van der Waals surface area contributed by atoms with E-state index in [0.29, 0.717) is 41.6 Å². The van der Waals surface area contributed by atoms with E-state index in [2.05, 4.69) is 15.6 Å². The molecule has 0 bridgehead atoms. The topological polar surface area (TPSA) is 71.1 Å². The number of carbonyl (C=O) groups excluding carboxylic acids is 2. The average molecular weight is 378 g/mol. The molecule has 0 aliphatic heterocycles. The van der Waals surface area contributed by atoms with E-state index in [1.807, 2.05) is 18.2 Å². The fourth-order valence-electron chi connectivity index (χ4n) is 2.02. The van der Waals surface area contributed by atoms with Crippen LogP contribution in [0.3, 0.4) is 0 Å². The average Bonchev–Trinajstić information content (AvgIpc) is 2.62. The number of nitrogens with zero attached hydrogens (tertiary/aromatic N) is 1. The number of hydrogen-bond acceptors (Lipinski definition) is 4. The molecule has 1 heterocycles. The van der Waals surface area contributed by atoms with Gasteiger partial charge in [0, 0.05) is 35.6 Å². The van der Waals surface area contributed by atoms with Gasteiger partial charge in [-0.2, -0.15) is 0 Å². The fraction of sp³-hybridized carbons (Fsp3) is 0.278. The van der Waals surface area contributed by atoms with Crippen LogP contribution < -0.4 is 10.6 Å². The number of rotatable bonds is 9. The van der Waals surface area contributed by atoms with Gasteiger partial charge in [0.2, 0.25) is 11.8 Å². The number of pyridine rings is 1. The number of carbonyl (C=O) groups is 2. The molecule has 0 spiro atoms. The van der Waals surface area contributed by atoms with Gasteiger partial charge in [0.1, 0.15) is 0 Å². The van der Waals surface area contributed by atoms with Crippen molar-refractivity contribution in [3.8, 4) is 0 Å². The molecule has 0 aliphatic rings. The Kier molecular flexibility index (Phi) is 8.28. The lowest BCUT2D eigenvalue weighted by Gasteiger charge is -2.07. The van der Waals surface area contributed by atoms with Crippen LogP contribution in [0, 0.1) is 0 Å². The second kappa shape index (κ2) is 10.7. The Bertz CT molecular complexity index is 680. The summed E-state index contributed by atoms with van der Waals surface area (Å²) < 4.78 is 0. The maximum absolute atomic E-state index is 11.8. The number of aromatic nitrogens is 1. The summed E-state index contributed by atoms with van der Waals surface area (Å²) in [5, 5.41) is 6.23. The highest BCUT2D eigenvalue weighted by molar-refractivity contribution is 7.99. The monoisotopic (exact) mass is 377 g/mol. The molecule has 0 radical (unpaired) electrons. The van der Waals surface area contributed by atoms with Gasteiger partial charge in [-0.25, -0.2) is 0 Å². The summed E-state index contributed by atoms with van der Waals surface area (Å²) in [7, 11) is 0. The summed E-state index contributed by atoms with van der Waals surface area (Å²) in [4.78, 5) is 27.7. The Morgan fingerprint density at radius 2 is 1.88 bits per heavy atom. The summed E-state index contributed by atoms with van der Waals surface area (Å²) in [6.45, 7) is 0.483. The van der Waals surface area contributed by atoms with Crippen molar-refractivity contribution >= 4 is 40.9 Å². The number of halogens is 1. The zero-order valence-corrected chi connectivity index (χ0v) is 15.3. The van der Waals surface area contributed by atoms with Gasteiger partial charge < -0.3 is 10.6 Å². The van der Waals surface area contributed by atoms with Crippen molar-refractivity contribution in [2.75, 3.05) is 17.6 Å². The highest BCUT2D eigenvalue weighted by Gasteiger charge is 2.05. The van der Waals surface area contributed by atoms with Crippen LogP contribution in [0.15, 0.2) is 48.7 Å². The van der Waals surface area contributed by atoms with Crippen LogP contribution in [-0.4, -0.2) is 29.1 Å². The van der Waals surface area contributed by atoms with Gasteiger partial charge >= 0.3 is 0 Å². The summed E-state index contributed by atoms with van der Waals surface area (Å²) in [6, 6.07) is 12.7. The van der Waals surface area contributed by atoms with Crippen molar-refractivity contribution in [2.24, 2.45) is 0 Å². The van der Waals surface area contributed by atoms with E-state index in [0.717, 1.165) is 5.69 Å². The lowest BCUT2D eigenvalue weighted by atomic mass is 10.2. The molecule has 2 rings (SSSR count). The Labute approximate surface area is 156 Å². The van der Waals surface area contributed by atoms with Crippen LogP contribution in [0.4, 0.5) is 5.69 Å². The van der Waals surface area contributed by atoms with Gasteiger partial charge in [0.15, 0.2) is 0 Å². The summed E-state index contributed by atoms with van der Waals surface area (Å²) in [5.74, 6) is 0.978. The van der Waals surface area contributed by atoms with E-state index in [4.69, 9.17) is 11.6 Å². The van der Waals surface area contributed by atoms with Crippen molar-refractivity contribution in [1.29, 1.82) is 0 Å². The number of benzene rings is 1. The molecular formula is C18H20ClN3O2S. The van der Waals surface area contributed by atoms with Crippen LogP contribution in [0.25, 0.3) is 0 Å². The minimum absolute atomic E-state index is 0.0287. The first-order valence-electron chi connectivity index (χ1n) is 7.93. The van der Waals surface area contributed by atoms with Gasteiger partial charge in [-0.15, -0.1) is 11.8 Å². The Hall–Kier alpha value is -2.05. The first kappa shape index (κ1) is 19.3. The van der Waals surface area contributed by atoms with E-state index in [1.165, 1.54) is 11.8 Å². The smallest absolute Gasteiger partial charge is 0.230 e. The zero-order valence-electron chi connectivity index (χ0n) is 13.7. The fourth-order valence-corrected chi connectivity index (χ4v) is 2.91. The normalized spacial score (nSPS) is 10.3. The highest BCUT2D eigenvalue weighted by atomic mass is 35.5. The van der Waals surface area contributed by atoms with Crippen LogP contribution in [0.5, 0.6) is 0 Å². The van der Waals surface area contributed by atoms with Crippen molar-refractivity contribution in [2.45, 2.75) is 18.6 Å². The van der Waals surface area contributed by atoms with Crippen molar-refractivity contribution in [3.63, 3.8) is 0 Å². The first-order valence-corrected chi connectivity index (χ1v) is 9.46. The van der Waals surface area contributed by atoms with Gasteiger partial charge in [0.05, 0.1) is 11.4 Å². The maximum Gasteiger partial charge on any atom is 0.230 e. The number of amides is 2. The van der Waals surface area contributed by atoms with Crippen molar-refractivity contribution < 1.29 is 9.59 Å². The summed E-state index contributed by atoms with van der Waals surface area (Å²) in [6.07, 6.45) is 2.69. The standard InChI is InChI=1S/C18H20ClN3O2S/c19-14-6-8-15(9-7-14)22-17(23)5-3-11-21-18(24)13-25-12-16-4-1-2-10-20-16/h1-2,4,6-10H,3,5,11-13H2,(H,21,24)(H,22,23). The van der Waals surface area contributed by atoms with E-state index in [-0.39, 0.29) is 11.8 Å². The lowest BCUT2D eigenvalue weighted by molar-refractivity contribution is -0.119. The molecule has 0 saturated heterocycles. The number of thioether (sulfide) groups is 1. The maximum atomic E-state index is 11.8. The van der Waals surface area contributed by atoms with E-state index < -0.39 is 0 Å². The summed E-state index contributed by atoms with van der Waals surface area (Å²) in [5.41, 5.74) is 1.67. The predicted octanol–water partition coefficient (Wildman–Crippen LogP) is 3.50. The van der Waals surface area contributed by atoms with Crippen molar-refractivity contribution in [3.05, 3.63) is 59.4 Å². The zero-order chi connectivity index (χ0) is 17.9. The molecule has 0 atom stereocenters. The van der Waals surface area contributed by atoms with Crippen LogP contribution in [0.1, 0.15) is 18.5 Å². The van der Waals surface area contributed by atoms with Gasteiger partial charge in [-0.1, -0.05) is 17.7 Å². The third-order valence-electron chi connectivity index (χ3n) is 3.24. The third-order valence-corrected chi connectivity index (χ3v) is 4.46. The summed E-state index contributed by atoms with van der Waals surface area (Å²) >= 11 is 7.31. The Morgan fingerprint density at radius 3 is 2.60 bits per heavy atom. The molecule has 2 amide bonds. The molecule has 0 unspecified atom stereocenters. The van der Waals surface area contributed by atoms with Gasteiger partial charge in [0.25, 0.3) is 0 Å². The molecule has 2 aromatic rings. The SMILES string of the molecule is O=C(CSCc1ccccn1)NCCCC(=O)Nc1ccc(Cl)cc1. The molecule has 2 N–H and O–H groups in total. The minimum atomic E-state index is -0.0823. The number of anilines is 1. The Morgan fingerprint density at radius 1 is 1.08 bits per heavy atom. The third kappa shape index (κ3) is 8.05.